The summed E-state index contributed by atoms with van der Waals surface area (Å²) in [6, 6.07) is 10.1. The fourth-order valence-corrected chi connectivity index (χ4v) is 4.38. The molecule has 0 amide bonds. The Morgan fingerprint density at radius 2 is 2.00 bits per heavy atom. The molecule has 0 aromatic heterocycles. The van der Waals surface area contributed by atoms with Crippen LogP contribution in [0.15, 0.2) is 50.8 Å². The van der Waals surface area contributed by atoms with E-state index in [1.165, 1.54) is 4.90 Å². The van der Waals surface area contributed by atoms with Crippen LogP contribution >= 0.6 is 46.3 Å². The number of thioether (sulfide) groups is 1. The number of nitrogen functional groups attached to an aromatic ring is 1. The molecule has 108 valence electrons. The van der Waals surface area contributed by atoms with Crippen LogP contribution < -0.4 is 11.1 Å². The summed E-state index contributed by atoms with van der Waals surface area (Å²) in [5, 5.41) is 3.63. The van der Waals surface area contributed by atoms with Crippen molar-refractivity contribution < 1.29 is 0 Å². The van der Waals surface area contributed by atoms with Crippen molar-refractivity contribution in [1.29, 1.82) is 0 Å². The van der Waals surface area contributed by atoms with Crippen LogP contribution in [0.5, 0.6) is 0 Å². The van der Waals surface area contributed by atoms with Crippen molar-refractivity contribution >= 4 is 63.7 Å². The van der Waals surface area contributed by atoms with Crippen LogP contribution in [0.4, 0.5) is 11.4 Å². The number of hydrogen-bond acceptors (Lipinski definition) is 5. The minimum atomic E-state index is 0.134. The van der Waals surface area contributed by atoms with E-state index < -0.39 is 0 Å². The summed E-state index contributed by atoms with van der Waals surface area (Å²) in [6.07, 6.45) is 2.00. The number of nitrogens with one attached hydrogen (secondary N) is 1. The molecule has 1 aliphatic rings. The van der Waals surface area contributed by atoms with Gasteiger partial charge in [0.05, 0.1) is 0 Å². The number of benzene rings is 2. The van der Waals surface area contributed by atoms with Crippen molar-refractivity contribution in [2.75, 3.05) is 11.1 Å². The summed E-state index contributed by atoms with van der Waals surface area (Å²) in [6.45, 7) is 0. The minimum absolute atomic E-state index is 0.134. The maximum Gasteiger partial charge on any atom is 0.104 e. The predicted octanol–water partition coefficient (Wildman–Crippen LogP) is 4.91. The summed E-state index contributed by atoms with van der Waals surface area (Å²) < 4.78 is 0. The molecule has 0 radical (unpaired) electrons. The molecule has 0 spiro atoms. The lowest BCUT2D eigenvalue weighted by Crippen LogP contribution is -2.03. The predicted molar refractivity (Wildman–Crippen MR) is 103 cm³/mol. The van der Waals surface area contributed by atoms with Gasteiger partial charge in [-0.05, 0) is 29.3 Å². The van der Waals surface area contributed by atoms with Gasteiger partial charge in [-0.25, -0.2) is 0 Å². The molecule has 0 saturated heterocycles. The quantitative estimate of drug-likeness (QED) is 0.353. The second kappa shape index (κ2) is 6.17. The topological polar surface area (TPSA) is 38.0 Å². The van der Waals surface area contributed by atoms with Crippen molar-refractivity contribution in [1.82, 2.24) is 0 Å². The molecule has 2 aromatic carbocycles. The Bertz CT molecular complexity index is 731. The highest BCUT2D eigenvalue weighted by molar-refractivity contribution is 8.00. The zero-order chi connectivity index (χ0) is 15.0. The average Bonchev–Trinajstić information content (AvgIpc) is 2.87. The van der Waals surface area contributed by atoms with Crippen LogP contribution in [0.25, 0.3) is 6.08 Å². The number of hydrogen-bond donors (Lipinski definition) is 4. The van der Waals surface area contributed by atoms with Crippen LogP contribution in [0.1, 0.15) is 16.5 Å². The van der Waals surface area contributed by atoms with Crippen molar-refractivity contribution in [3.8, 4) is 0 Å². The third-order valence-electron chi connectivity index (χ3n) is 3.31. The molecular weight excluding hydrogens is 335 g/mol. The van der Waals surface area contributed by atoms with Gasteiger partial charge < -0.3 is 11.1 Å². The molecule has 2 atom stereocenters. The molecule has 2 nitrogen and oxygen atoms in total. The summed E-state index contributed by atoms with van der Waals surface area (Å²) >= 11 is 11.0. The lowest BCUT2D eigenvalue weighted by atomic mass is 10.1. The molecule has 0 fully saturated rings. The molecule has 21 heavy (non-hydrogen) atoms. The van der Waals surface area contributed by atoms with Gasteiger partial charge in [-0.1, -0.05) is 35.8 Å². The Morgan fingerprint density at radius 1 is 1.19 bits per heavy atom. The van der Waals surface area contributed by atoms with Gasteiger partial charge in [0.25, 0.3) is 0 Å². The highest BCUT2D eigenvalue weighted by Gasteiger charge is 2.25. The first-order chi connectivity index (χ1) is 10.1. The molecule has 3 rings (SSSR count). The molecule has 1 aliphatic heterocycles. The normalized spacial score (nSPS) is 17.0. The molecule has 2 unspecified atom stereocenters. The van der Waals surface area contributed by atoms with Gasteiger partial charge in [0.2, 0.25) is 0 Å². The van der Waals surface area contributed by atoms with E-state index in [2.05, 4.69) is 51.9 Å². The van der Waals surface area contributed by atoms with Crippen LogP contribution in [0.3, 0.4) is 0 Å². The maximum absolute atomic E-state index is 5.84. The molecule has 1 heterocycles. The lowest BCUT2D eigenvalue weighted by molar-refractivity contribution is 1.04. The van der Waals surface area contributed by atoms with Crippen molar-refractivity contribution in [3.05, 3.63) is 47.3 Å². The monoisotopic (exact) mass is 350 g/mol. The van der Waals surface area contributed by atoms with Crippen LogP contribution in [0, 0.1) is 0 Å². The molecule has 0 saturated carbocycles. The molecule has 6 heteroatoms. The van der Waals surface area contributed by atoms with Crippen molar-refractivity contribution in [3.63, 3.8) is 0 Å². The zero-order valence-electron chi connectivity index (χ0n) is 11.1. The third kappa shape index (κ3) is 2.93. The van der Waals surface area contributed by atoms with Gasteiger partial charge in [-0.2, -0.15) is 0 Å². The first-order valence-electron chi connectivity index (χ1n) is 6.36. The molecule has 0 bridgehead atoms. The summed E-state index contributed by atoms with van der Waals surface area (Å²) in [7, 11) is 2.57. The highest BCUT2D eigenvalue weighted by Crippen LogP contribution is 2.49. The van der Waals surface area contributed by atoms with E-state index >= 15 is 0 Å². The Labute approximate surface area is 142 Å². The Kier molecular flexibility index (Phi) is 4.46. The number of thiol groups is 2. The number of rotatable bonds is 2. The van der Waals surface area contributed by atoms with Crippen LogP contribution in [-0.4, -0.2) is 0 Å². The fourth-order valence-electron chi connectivity index (χ4n) is 2.26. The SMILES string of the molecule is Nc1ccc2c(c1)SC(c1ccc(/C=C/P)c(S)c1S)N2. The van der Waals surface area contributed by atoms with E-state index in [4.69, 9.17) is 5.73 Å². The Balaban J connectivity index is 1.95. The van der Waals surface area contributed by atoms with Gasteiger partial charge in [0.1, 0.15) is 5.37 Å². The Hall–Kier alpha value is -0.740. The first-order valence-corrected chi connectivity index (χ1v) is 8.80. The van der Waals surface area contributed by atoms with Crippen molar-refractivity contribution in [2.24, 2.45) is 0 Å². The second-order valence-corrected chi connectivity index (χ2v) is 7.12. The molecular formula is C15H15N2PS3. The lowest BCUT2D eigenvalue weighted by Gasteiger charge is -2.16. The molecule has 0 aliphatic carbocycles. The van der Waals surface area contributed by atoms with Gasteiger partial charge in [-0.3, -0.25) is 0 Å². The first kappa shape index (κ1) is 15.2. The van der Waals surface area contributed by atoms with Gasteiger partial charge in [0.15, 0.2) is 0 Å². The van der Waals surface area contributed by atoms with E-state index in [1.807, 2.05) is 30.1 Å². The average molecular weight is 350 g/mol. The highest BCUT2D eigenvalue weighted by atomic mass is 32.2. The third-order valence-corrected chi connectivity index (χ3v) is 5.84. The van der Waals surface area contributed by atoms with Gasteiger partial charge in [-0.15, -0.1) is 34.5 Å². The van der Waals surface area contributed by atoms with E-state index in [0.717, 1.165) is 32.3 Å². The minimum Gasteiger partial charge on any atom is -0.399 e. The molecule has 2 aromatic rings. The second-order valence-electron chi connectivity index (χ2n) is 4.70. The van der Waals surface area contributed by atoms with E-state index in [1.54, 1.807) is 11.8 Å². The summed E-state index contributed by atoms with van der Waals surface area (Å²) in [4.78, 5) is 2.97. The van der Waals surface area contributed by atoms with Gasteiger partial charge in [0, 0.05) is 26.1 Å². The van der Waals surface area contributed by atoms with E-state index in [9.17, 15) is 0 Å². The maximum atomic E-state index is 5.84. The largest absolute Gasteiger partial charge is 0.399 e. The van der Waals surface area contributed by atoms with Crippen LogP contribution in [-0.2, 0) is 0 Å². The smallest absolute Gasteiger partial charge is 0.104 e. The summed E-state index contributed by atoms with van der Waals surface area (Å²) in [5.74, 6) is 1.92. The standard InChI is InChI=1S/C15H15N2PS3/c16-9-2-4-11-12(7-9)21-15(17-11)10-3-1-8(5-6-18)13(19)14(10)20/h1-7,15,17,19-20H,16,18H2/b6-5+. The number of nitrogens with two attached hydrogens (primary N) is 1. The molecule has 3 N–H and O–H groups in total. The van der Waals surface area contributed by atoms with Gasteiger partial charge >= 0.3 is 0 Å². The van der Waals surface area contributed by atoms with Crippen LogP contribution in [0.2, 0.25) is 0 Å². The fraction of sp³-hybridized carbons (Fsp3) is 0.0667. The zero-order valence-corrected chi connectivity index (χ0v) is 14.8. The van der Waals surface area contributed by atoms with E-state index in [0.29, 0.717) is 0 Å². The van der Waals surface area contributed by atoms with Crippen molar-refractivity contribution in [2.45, 2.75) is 20.1 Å². The number of anilines is 2. The van der Waals surface area contributed by atoms with E-state index in [-0.39, 0.29) is 5.37 Å². The number of fused-ring (bicyclic) bond motifs is 1. The Morgan fingerprint density at radius 3 is 2.76 bits per heavy atom. The summed E-state index contributed by atoms with van der Waals surface area (Å²) in [5.41, 5.74) is 9.93.